The van der Waals surface area contributed by atoms with Crippen molar-refractivity contribution >= 4 is 11.9 Å². The number of nitrogens with zero attached hydrogens (tertiary/aromatic N) is 5. The Morgan fingerprint density at radius 1 is 1.07 bits per heavy atom. The summed E-state index contributed by atoms with van der Waals surface area (Å²) in [5.74, 6) is 1.17. The highest BCUT2D eigenvalue weighted by atomic mass is 16.3. The maximum absolute atomic E-state index is 13.0. The molecule has 27 heavy (non-hydrogen) atoms. The van der Waals surface area contributed by atoms with Gasteiger partial charge in [0.05, 0.1) is 23.5 Å². The van der Waals surface area contributed by atoms with Gasteiger partial charge >= 0.3 is 0 Å². The Kier molecular flexibility index (Phi) is 5.05. The molecule has 8 heteroatoms. The Hall–Kier alpha value is -1.77. The predicted molar refractivity (Wildman–Crippen MR) is 101 cm³/mol. The largest absolute Gasteiger partial charge is 0.390 e. The van der Waals surface area contributed by atoms with Gasteiger partial charge in [-0.25, -0.2) is 9.97 Å². The molecule has 2 N–H and O–H groups in total. The monoisotopic (exact) mass is 375 g/mol. The van der Waals surface area contributed by atoms with Gasteiger partial charge in [0.25, 0.3) is 5.91 Å². The van der Waals surface area contributed by atoms with Gasteiger partial charge in [0.2, 0.25) is 5.95 Å². The van der Waals surface area contributed by atoms with Gasteiger partial charge in [-0.2, -0.15) is 0 Å². The molecule has 1 aromatic rings. The van der Waals surface area contributed by atoms with E-state index >= 15 is 0 Å². The summed E-state index contributed by atoms with van der Waals surface area (Å²) < 4.78 is 0. The molecule has 8 nitrogen and oxygen atoms in total. The number of hydrogen-bond acceptors (Lipinski definition) is 7. The fourth-order valence-corrected chi connectivity index (χ4v) is 4.57. The number of amides is 1. The molecule has 0 aromatic carbocycles. The van der Waals surface area contributed by atoms with Crippen molar-refractivity contribution in [3.05, 3.63) is 17.5 Å². The molecule has 3 heterocycles. The van der Waals surface area contributed by atoms with Crippen LogP contribution < -0.4 is 4.90 Å². The Labute approximate surface area is 159 Å². The van der Waals surface area contributed by atoms with Crippen LogP contribution in [0.5, 0.6) is 0 Å². The zero-order chi connectivity index (χ0) is 19.1. The number of aryl methyl sites for hydroxylation is 1. The molecule has 0 radical (unpaired) electrons. The third-order valence-corrected chi connectivity index (χ3v) is 6.38. The van der Waals surface area contributed by atoms with Gasteiger partial charge in [0, 0.05) is 45.5 Å². The van der Waals surface area contributed by atoms with Crippen molar-refractivity contribution in [3.8, 4) is 0 Å². The van der Waals surface area contributed by atoms with Crippen molar-refractivity contribution in [2.45, 2.75) is 32.0 Å². The lowest BCUT2D eigenvalue weighted by molar-refractivity contribution is -0.0372. The molecule has 0 unspecified atom stereocenters. The lowest BCUT2D eigenvalue weighted by Gasteiger charge is -2.32. The SMILES string of the molecule is Cc1nc(N2CCN(C)CC2)ncc1C(=O)N1C[C@H]2C[C@H](O)[C@@H](O)C[C@H]2C1. The van der Waals surface area contributed by atoms with Crippen LogP contribution in [-0.2, 0) is 0 Å². The predicted octanol–water partition coefficient (Wildman–Crippen LogP) is -0.259. The lowest BCUT2D eigenvalue weighted by Crippen LogP contribution is -2.45. The van der Waals surface area contributed by atoms with Crippen LogP contribution >= 0.6 is 0 Å². The summed E-state index contributed by atoms with van der Waals surface area (Å²) in [6.07, 6.45) is 1.44. The topological polar surface area (TPSA) is 93.0 Å². The second-order valence-corrected chi connectivity index (χ2v) is 8.30. The number of aliphatic hydroxyl groups excluding tert-OH is 2. The molecule has 4 atom stereocenters. The molecule has 2 saturated heterocycles. The van der Waals surface area contributed by atoms with E-state index in [-0.39, 0.29) is 17.7 Å². The van der Waals surface area contributed by atoms with Crippen molar-refractivity contribution in [2.75, 3.05) is 51.2 Å². The van der Waals surface area contributed by atoms with Gasteiger partial charge in [-0.3, -0.25) is 4.79 Å². The summed E-state index contributed by atoms with van der Waals surface area (Å²) in [5, 5.41) is 19.8. The number of carbonyl (C=O) groups is 1. The molecule has 148 valence electrons. The number of carbonyl (C=O) groups excluding carboxylic acids is 1. The first-order valence-electron chi connectivity index (χ1n) is 9.85. The molecule has 0 spiro atoms. The van der Waals surface area contributed by atoms with Crippen LogP contribution in [0.2, 0.25) is 0 Å². The maximum Gasteiger partial charge on any atom is 0.257 e. The van der Waals surface area contributed by atoms with Crippen LogP contribution in [-0.4, -0.2) is 94.4 Å². The number of likely N-dealkylation sites (N-methyl/N-ethyl adjacent to an activating group) is 1. The standard InChI is InChI=1S/C19H29N5O3/c1-12-15(9-20-19(21-12)23-5-3-22(2)4-6-23)18(27)24-10-13-7-16(25)17(26)8-14(13)11-24/h9,13-14,16-17,25-26H,3-8,10-11H2,1-2H3/t13-,14+,16-,17-/m0/s1. The highest BCUT2D eigenvalue weighted by Gasteiger charge is 2.42. The molecule has 1 amide bonds. The van der Waals surface area contributed by atoms with Gasteiger partial charge in [-0.1, -0.05) is 0 Å². The Morgan fingerprint density at radius 2 is 1.67 bits per heavy atom. The van der Waals surface area contributed by atoms with Crippen molar-refractivity contribution < 1.29 is 15.0 Å². The number of likely N-dealkylation sites (tertiary alicyclic amines) is 1. The van der Waals surface area contributed by atoms with Gasteiger partial charge in [-0.05, 0) is 38.6 Å². The molecular weight excluding hydrogens is 346 g/mol. The number of anilines is 1. The minimum absolute atomic E-state index is 0.0455. The van der Waals surface area contributed by atoms with E-state index in [2.05, 4.69) is 26.8 Å². The van der Waals surface area contributed by atoms with E-state index in [9.17, 15) is 15.0 Å². The minimum Gasteiger partial charge on any atom is -0.390 e. The van der Waals surface area contributed by atoms with E-state index in [1.165, 1.54) is 0 Å². The molecule has 2 aliphatic heterocycles. The van der Waals surface area contributed by atoms with Gasteiger partial charge in [0.15, 0.2) is 0 Å². The smallest absolute Gasteiger partial charge is 0.257 e. The van der Waals surface area contributed by atoms with Gasteiger partial charge < -0.3 is 24.9 Å². The van der Waals surface area contributed by atoms with Crippen molar-refractivity contribution in [1.29, 1.82) is 0 Å². The number of aromatic nitrogens is 2. The molecule has 4 rings (SSSR count). The average Bonchev–Trinajstić information content (AvgIpc) is 3.05. The summed E-state index contributed by atoms with van der Waals surface area (Å²) >= 11 is 0. The average molecular weight is 375 g/mol. The zero-order valence-electron chi connectivity index (χ0n) is 16.1. The van der Waals surface area contributed by atoms with Crippen LogP contribution in [0.1, 0.15) is 28.9 Å². The van der Waals surface area contributed by atoms with Crippen LogP contribution in [0, 0.1) is 18.8 Å². The molecule has 1 aliphatic carbocycles. The number of rotatable bonds is 2. The second kappa shape index (κ2) is 7.33. The molecule has 3 aliphatic rings. The fraction of sp³-hybridized carbons (Fsp3) is 0.737. The van der Waals surface area contributed by atoms with E-state index < -0.39 is 12.2 Å². The fourth-order valence-electron chi connectivity index (χ4n) is 4.57. The summed E-state index contributed by atoms with van der Waals surface area (Å²) in [5.41, 5.74) is 1.26. The van der Waals surface area contributed by atoms with Crippen molar-refractivity contribution in [2.24, 2.45) is 11.8 Å². The van der Waals surface area contributed by atoms with Gasteiger partial charge in [0.1, 0.15) is 0 Å². The van der Waals surface area contributed by atoms with Crippen molar-refractivity contribution in [1.82, 2.24) is 19.8 Å². The quantitative estimate of drug-likeness (QED) is 0.736. The van der Waals surface area contributed by atoms with Gasteiger partial charge in [-0.15, -0.1) is 0 Å². The van der Waals surface area contributed by atoms with E-state index in [1.54, 1.807) is 6.20 Å². The molecule has 1 aromatic heterocycles. The molecule has 1 saturated carbocycles. The Balaban J connectivity index is 1.45. The third-order valence-electron chi connectivity index (χ3n) is 6.38. The summed E-state index contributed by atoms with van der Waals surface area (Å²) in [6.45, 7) is 6.88. The minimum atomic E-state index is -0.672. The third kappa shape index (κ3) is 3.66. The van der Waals surface area contributed by atoms with Crippen LogP contribution in [0.4, 0.5) is 5.95 Å². The molecule has 0 bridgehead atoms. The Morgan fingerprint density at radius 3 is 2.22 bits per heavy atom. The van der Waals surface area contributed by atoms with Crippen LogP contribution in [0.3, 0.4) is 0 Å². The summed E-state index contributed by atoms with van der Waals surface area (Å²) in [6, 6.07) is 0. The Bertz CT molecular complexity index is 689. The first-order chi connectivity index (χ1) is 12.9. The van der Waals surface area contributed by atoms with E-state index in [4.69, 9.17) is 0 Å². The number of aliphatic hydroxyl groups is 2. The number of piperazine rings is 1. The van der Waals surface area contributed by atoms with E-state index in [1.807, 2.05) is 11.8 Å². The van der Waals surface area contributed by atoms with Crippen molar-refractivity contribution in [3.63, 3.8) is 0 Å². The summed E-state index contributed by atoms with van der Waals surface area (Å²) in [4.78, 5) is 28.3. The molecule has 3 fully saturated rings. The highest BCUT2D eigenvalue weighted by molar-refractivity contribution is 5.95. The van der Waals surface area contributed by atoms with E-state index in [0.717, 1.165) is 26.2 Å². The van der Waals surface area contributed by atoms with Crippen LogP contribution in [0.15, 0.2) is 6.20 Å². The zero-order valence-corrected chi connectivity index (χ0v) is 16.1. The summed E-state index contributed by atoms with van der Waals surface area (Å²) in [7, 11) is 2.11. The first kappa shape index (κ1) is 18.6. The van der Waals surface area contributed by atoms with E-state index in [0.29, 0.717) is 43.1 Å². The van der Waals surface area contributed by atoms with Crippen LogP contribution in [0.25, 0.3) is 0 Å². The molecular formula is C19H29N5O3. The number of hydrogen-bond donors (Lipinski definition) is 2. The second-order valence-electron chi connectivity index (χ2n) is 8.30. The first-order valence-corrected chi connectivity index (χ1v) is 9.85. The normalized spacial score (nSPS) is 31.9. The maximum atomic E-state index is 13.0. The number of fused-ring (bicyclic) bond motifs is 1. The highest BCUT2D eigenvalue weighted by Crippen LogP contribution is 2.37. The lowest BCUT2D eigenvalue weighted by atomic mass is 9.79.